The van der Waals surface area contributed by atoms with Crippen molar-refractivity contribution >= 4 is 15.9 Å². The molecule has 0 aromatic heterocycles. The minimum atomic E-state index is -4.11. The van der Waals surface area contributed by atoms with Crippen LogP contribution in [0.3, 0.4) is 0 Å². The summed E-state index contributed by atoms with van der Waals surface area (Å²) in [6.07, 6.45) is 11.1. The second-order valence-electron chi connectivity index (χ2n) is 17.6. The zero-order chi connectivity index (χ0) is 34.6. The van der Waals surface area contributed by atoms with E-state index in [-0.39, 0.29) is 10.8 Å². The molecule has 248 valence electrons. The molecule has 49 heavy (non-hydrogen) atoms. The van der Waals surface area contributed by atoms with Gasteiger partial charge in [0.1, 0.15) is 0 Å². The van der Waals surface area contributed by atoms with Gasteiger partial charge in [-0.3, -0.25) is 0 Å². The first-order valence-corrected chi connectivity index (χ1v) is 31.6. The van der Waals surface area contributed by atoms with E-state index in [1.807, 2.05) is 0 Å². The Morgan fingerprint density at radius 2 is 0.980 bits per heavy atom. The third-order valence-corrected chi connectivity index (χ3v) is 34.8. The predicted octanol–water partition coefficient (Wildman–Crippen LogP) is 13.3. The summed E-state index contributed by atoms with van der Waals surface area (Å²) in [6, 6.07) is 43.7. The van der Waals surface area contributed by atoms with Gasteiger partial charge in [-0.1, -0.05) is 0 Å². The van der Waals surface area contributed by atoms with Gasteiger partial charge in [-0.25, -0.2) is 0 Å². The van der Waals surface area contributed by atoms with Crippen LogP contribution in [-0.4, -0.2) is 3.76 Å². The van der Waals surface area contributed by atoms with Gasteiger partial charge < -0.3 is 0 Å². The predicted molar refractivity (Wildman–Crippen MR) is 213 cm³/mol. The molecule has 0 nitrogen and oxygen atoms in total. The Kier molecular flexibility index (Phi) is 8.47. The summed E-state index contributed by atoms with van der Waals surface area (Å²) < 4.78 is 9.17. The number of benzene rings is 5. The zero-order valence-corrected chi connectivity index (χ0v) is 34.3. The van der Waals surface area contributed by atoms with Gasteiger partial charge in [0.2, 0.25) is 0 Å². The summed E-state index contributed by atoms with van der Waals surface area (Å²) in [7, 11) is 0. The van der Waals surface area contributed by atoms with Crippen LogP contribution in [0, 0.1) is 0 Å². The van der Waals surface area contributed by atoms with Crippen LogP contribution in [-0.2, 0) is 35.3 Å². The van der Waals surface area contributed by atoms with Crippen molar-refractivity contribution in [3.8, 4) is 22.3 Å². The fourth-order valence-corrected chi connectivity index (χ4v) is 28.9. The Bertz CT molecular complexity index is 2040. The third kappa shape index (κ3) is 6.18. The molecule has 0 saturated carbocycles. The number of fused-ring (bicyclic) bond motifs is 2. The van der Waals surface area contributed by atoms with Crippen molar-refractivity contribution in [1.82, 2.24) is 0 Å². The van der Waals surface area contributed by atoms with E-state index in [0.717, 1.165) is 6.42 Å². The molecular weight excluding hydrogens is 755 g/mol. The molecule has 0 heterocycles. The first-order chi connectivity index (χ1) is 23.2. The van der Waals surface area contributed by atoms with E-state index in [0.29, 0.717) is 7.35 Å². The molecule has 5 aromatic rings. The Balaban J connectivity index is 1.38. The monoisotopic (exact) mass is 808 g/mol. The van der Waals surface area contributed by atoms with Gasteiger partial charge in [-0.05, 0) is 0 Å². The van der Waals surface area contributed by atoms with E-state index in [9.17, 15) is 0 Å². The average molecular weight is 807 g/mol. The first kappa shape index (κ1) is 33.8. The normalized spacial score (nSPS) is 17.2. The van der Waals surface area contributed by atoms with Crippen LogP contribution < -0.4 is 0 Å². The summed E-state index contributed by atoms with van der Waals surface area (Å²) >= 11 is -4.11. The molecule has 0 fully saturated rings. The SMILES string of the molecule is CC(C)(C)c1cccc(-c2cccc3c2C=C[CH]3[Hf]([CH3])([CH3])(=[CH]Cc2ccccc2)[CH]2C=Cc3c(-c4cccc(C(C)(C)C)c4)cccc32)c1. The van der Waals surface area contributed by atoms with E-state index in [2.05, 4.69) is 194 Å². The second-order valence-corrected chi connectivity index (χ2v) is 43.1. The summed E-state index contributed by atoms with van der Waals surface area (Å²) in [4.78, 5) is 0. The van der Waals surface area contributed by atoms with Gasteiger partial charge in [0, 0.05) is 0 Å². The summed E-state index contributed by atoms with van der Waals surface area (Å²) in [5.41, 5.74) is 15.6. The summed E-state index contributed by atoms with van der Waals surface area (Å²) in [5.74, 6) is 0. The molecule has 0 N–H and O–H groups in total. The quantitative estimate of drug-likeness (QED) is 0.150. The molecule has 0 amide bonds. The number of allylic oxidation sites excluding steroid dienone is 2. The summed E-state index contributed by atoms with van der Waals surface area (Å²) in [6.45, 7) is 13.8. The maximum absolute atomic E-state index is 4.11. The van der Waals surface area contributed by atoms with Crippen molar-refractivity contribution in [3.05, 3.63) is 166 Å². The van der Waals surface area contributed by atoms with Gasteiger partial charge in [0.15, 0.2) is 0 Å². The topological polar surface area (TPSA) is 0 Å². The molecule has 0 bridgehead atoms. The first-order valence-electron chi connectivity index (χ1n) is 18.2. The maximum atomic E-state index is 2.86. The molecule has 2 atom stereocenters. The van der Waals surface area contributed by atoms with Gasteiger partial charge in [0.05, 0.1) is 0 Å². The molecule has 2 aliphatic rings. The van der Waals surface area contributed by atoms with Crippen LogP contribution >= 0.6 is 0 Å². The fraction of sp³-hybridized carbons (Fsp3) is 0.271. The van der Waals surface area contributed by atoms with Gasteiger partial charge >= 0.3 is 298 Å². The molecule has 2 unspecified atom stereocenters. The van der Waals surface area contributed by atoms with Gasteiger partial charge in [0.25, 0.3) is 0 Å². The van der Waals surface area contributed by atoms with Gasteiger partial charge in [-0.2, -0.15) is 0 Å². The third-order valence-electron chi connectivity index (χ3n) is 11.7. The molecule has 0 radical (unpaired) electrons. The van der Waals surface area contributed by atoms with Crippen LogP contribution in [0.25, 0.3) is 34.4 Å². The number of hydrogen-bond donors (Lipinski definition) is 0. The molecule has 1 heteroatoms. The minimum absolute atomic E-state index is 0.108. The second kappa shape index (κ2) is 12.3. The van der Waals surface area contributed by atoms with E-state index >= 15 is 0 Å². The van der Waals surface area contributed by atoms with Crippen LogP contribution in [0.1, 0.15) is 87.8 Å². The van der Waals surface area contributed by atoms with Crippen LogP contribution in [0.4, 0.5) is 0 Å². The Labute approximate surface area is 296 Å². The number of rotatable bonds is 6. The van der Waals surface area contributed by atoms with Crippen LogP contribution in [0.15, 0.2) is 127 Å². The Morgan fingerprint density at radius 3 is 1.43 bits per heavy atom. The molecule has 0 spiro atoms. The molecule has 5 aromatic carbocycles. The van der Waals surface area contributed by atoms with Crippen molar-refractivity contribution in [3.63, 3.8) is 0 Å². The van der Waals surface area contributed by atoms with Crippen molar-refractivity contribution in [2.24, 2.45) is 0 Å². The summed E-state index contributed by atoms with van der Waals surface area (Å²) in [5, 5.41) is 0. The fourth-order valence-electron chi connectivity index (χ4n) is 8.57. The Morgan fingerprint density at radius 1 is 0.531 bits per heavy atom. The van der Waals surface area contributed by atoms with Crippen molar-refractivity contribution in [2.75, 3.05) is 0 Å². The van der Waals surface area contributed by atoms with Crippen molar-refractivity contribution < 1.29 is 18.0 Å². The van der Waals surface area contributed by atoms with Crippen molar-refractivity contribution in [1.29, 1.82) is 0 Å². The molecular formula is C48H52Hf. The Hall–Kier alpha value is -3.68. The number of hydrogen-bond acceptors (Lipinski definition) is 0. The van der Waals surface area contributed by atoms with Crippen LogP contribution in [0.2, 0.25) is 9.36 Å². The van der Waals surface area contributed by atoms with Crippen molar-refractivity contribution in [2.45, 2.75) is 75.5 Å². The average Bonchev–Trinajstić information content (AvgIpc) is 3.74. The van der Waals surface area contributed by atoms with E-state index < -0.39 is 18.0 Å². The molecule has 7 rings (SSSR count). The van der Waals surface area contributed by atoms with E-state index in [4.69, 9.17) is 0 Å². The molecule has 0 aliphatic heterocycles. The molecule has 2 aliphatic carbocycles. The van der Waals surface area contributed by atoms with E-state index in [1.54, 1.807) is 0 Å². The zero-order valence-electron chi connectivity index (χ0n) is 30.7. The van der Waals surface area contributed by atoms with E-state index in [1.165, 1.54) is 61.2 Å². The standard InChI is InChI=1S/2C19H19.C8H8.2CH3.Hf/c2*1-19(2,3)16-10-4-9-15(13-16)18-12-6-8-14-7-5-11-17(14)18;1-2-8-6-4-3-5-7-8;;;/h2*4-13H,1-3H3;1,3-7H,2H2;2*1H3;. The molecule has 0 saturated heterocycles. The van der Waals surface area contributed by atoms with Crippen LogP contribution in [0.5, 0.6) is 0 Å². The van der Waals surface area contributed by atoms with Gasteiger partial charge in [-0.15, -0.1) is 0 Å².